The molecule has 2 aromatic heterocycles. The van der Waals surface area contributed by atoms with Crippen molar-refractivity contribution in [3.63, 3.8) is 0 Å². The maximum absolute atomic E-state index is 12.8. The van der Waals surface area contributed by atoms with Gasteiger partial charge in [0.2, 0.25) is 15.0 Å². The molecule has 2 N–H and O–H groups in total. The summed E-state index contributed by atoms with van der Waals surface area (Å²) in [5.41, 5.74) is 1.51. The van der Waals surface area contributed by atoms with E-state index in [1.165, 1.54) is 4.40 Å². The molecule has 4 rings (SSSR count). The zero-order valence-electron chi connectivity index (χ0n) is 14.9. The van der Waals surface area contributed by atoms with Crippen LogP contribution < -0.4 is 15.5 Å². The van der Waals surface area contributed by atoms with Crippen molar-refractivity contribution in [2.24, 2.45) is 0 Å². The average molecular weight is 399 g/mol. The van der Waals surface area contributed by atoms with Crippen LogP contribution >= 0.6 is 0 Å². The molecule has 0 atom stereocenters. The lowest BCUT2D eigenvalue weighted by atomic mass is 10.2. The lowest BCUT2D eigenvalue weighted by Gasteiger charge is -2.15. The standard InChI is InChI=1S/C18H17N5O4S/c1-28(26,27)18-21-15(14-7-2-3-9-23(14)18)16(24)20-12-5-4-6-13(11-12)22-10-8-19-17(22)25/h2-7,9,11H,8,10H2,1H3,(H,19,25)(H,20,24). The lowest BCUT2D eigenvalue weighted by molar-refractivity contribution is 0.102. The number of sulfone groups is 1. The molecule has 0 aliphatic carbocycles. The molecule has 3 amide bonds. The Labute approximate surface area is 160 Å². The number of carbonyl (C=O) groups excluding carboxylic acids is 2. The summed E-state index contributed by atoms with van der Waals surface area (Å²) >= 11 is 0. The Balaban J connectivity index is 1.67. The molecule has 0 unspecified atom stereocenters. The first-order valence-corrected chi connectivity index (χ1v) is 10.4. The summed E-state index contributed by atoms with van der Waals surface area (Å²) in [6.45, 7) is 1.10. The van der Waals surface area contributed by atoms with Gasteiger partial charge < -0.3 is 10.6 Å². The predicted molar refractivity (Wildman–Crippen MR) is 103 cm³/mol. The van der Waals surface area contributed by atoms with E-state index in [1.807, 2.05) is 0 Å². The third-order valence-electron chi connectivity index (χ3n) is 4.34. The number of fused-ring (bicyclic) bond motifs is 1. The van der Waals surface area contributed by atoms with Gasteiger partial charge in [0.05, 0.1) is 5.52 Å². The Morgan fingerprint density at radius 1 is 1.21 bits per heavy atom. The van der Waals surface area contributed by atoms with E-state index in [0.717, 1.165) is 6.26 Å². The van der Waals surface area contributed by atoms with Crippen LogP contribution in [0, 0.1) is 0 Å². The van der Waals surface area contributed by atoms with Crippen LogP contribution in [0.25, 0.3) is 5.52 Å². The van der Waals surface area contributed by atoms with Crippen molar-refractivity contribution in [1.82, 2.24) is 14.7 Å². The summed E-state index contributed by atoms with van der Waals surface area (Å²) < 4.78 is 25.4. The van der Waals surface area contributed by atoms with Gasteiger partial charge in [0, 0.05) is 36.9 Å². The van der Waals surface area contributed by atoms with Crippen LogP contribution in [0.3, 0.4) is 0 Å². The van der Waals surface area contributed by atoms with Crippen LogP contribution in [0.1, 0.15) is 10.5 Å². The van der Waals surface area contributed by atoms with Crippen molar-refractivity contribution in [2.75, 3.05) is 29.6 Å². The smallest absolute Gasteiger partial charge is 0.321 e. The van der Waals surface area contributed by atoms with E-state index < -0.39 is 15.7 Å². The molecule has 0 radical (unpaired) electrons. The minimum absolute atomic E-state index is 0.00495. The molecule has 3 aromatic rings. The Hall–Kier alpha value is -3.40. The molecule has 10 heteroatoms. The zero-order valence-corrected chi connectivity index (χ0v) is 15.7. The first kappa shape index (κ1) is 18.0. The number of hydrogen-bond acceptors (Lipinski definition) is 5. The highest BCUT2D eigenvalue weighted by Gasteiger charge is 2.24. The van der Waals surface area contributed by atoms with E-state index in [1.54, 1.807) is 53.6 Å². The van der Waals surface area contributed by atoms with Gasteiger partial charge in [-0.2, -0.15) is 0 Å². The fourth-order valence-corrected chi connectivity index (χ4v) is 3.87. The predicted octanol–water partition coefficient (Wildman–Crippen LogP) is 1.52. The topological polar surface area (TPSA) is 113 Å². The van der Waals surface area contributed by atoms with Gasteiger partial charge >= 0.3 is 6.03 Å². The first-order valence-electron chi connectivity index (χ1n) is 8.48. The highest BCUT2D eigenvalue weighted by atomic mass is 32.2. The molecule has 144 valence electrons. The molecule has 1 aromatic carbocycles. The number of nitrogens with zero attached hydrogens (tertiary/aromatic N) is 3. The van der Waals surface area contributed by atoms with Gasteiger partial charge in [-0.15, -0.1) is 0 Å². The van der Waals surface area contributed by atoms with Gasteiger partial charge in [0.15, 0.2) is 5.69 Å². The van der Waals surface area contributed by atoms with Gasteiger partial charge in [0.1, 0.15) is 0 Å². The Morgan fingerprint density at radius 2 is 2.04 bits per heavy atom. The number of aromatic nitrogens is 2. The number of pyridine rings is 1. The number of amides is 3. The van der Waals surface area contributed by atoms with Gasteiger partial charge in [0.25, 0.3) is 5.91 Å². The largest absolute Gasteiger partial charge is 0.336 e. The van der Waals surface area contributed by atoms with Crippen molar-refractivity contribution in [3.8, 4) is 0 Å². The van der Waals surface area contributed by atoms with E-state index in [2.05, 4.69) is 15.6 Å². The molecular weight excluding hydrogens is 382 g/mol. The van der Waals surface area contributed by atoms with Gasteiger partial charge in [-0.1, -0.05) is 12.1 Å². The van der Waals surface area contributed by atoms with Gasteiger partial charge in [-0.05, 0) is 30.3 Å². The number of imidazole rings is 1. The van der Waals surface area contributed by atoms with E-state index in [9.17, 15) is 18.0 Å². The number of hydrogen-bond donors (Lipinski definition) is 2. The first-order chi connectivity index (χ1) is 13.3. The minimum atomic E-state index is -3.62. The highest BCUT2D eigenvalue weighted by Crippen LogP contribution is 2.23. The van der Waals surface area contributed by atoms with E-state index in [4.69, 9.17) is 0 Å². The van der Waals surface area contributed by atoms with Crippen molar-refractivity contribution < 1.29 is 18.0 Å². The summed E-state index contributed by atoms with van der Waals surface area (Å²) in [6.07, 6.45) is 2.59. The van der Waals surface area contributed by atoms with E-state index in [0.29, 0.717) is 30.0 Å². The monoisotopic (exact) mass is 399 g/mol. The molecule has 1 saturated heterocycles. The molecule has 1 aliphatic heterocycles. The highest BCUT2D eigenvalue weighted by molar-refractivity contribution is 7.90. The van der Waals surface area contributed by atoms with Gasteiger partial charge in [-0.3, -0.25) is 14.1 Å². The minimum Gasteiger partial charge on any atom is -0.336 e. The summed E-state index contributed by atoms with van der Waals surface area (Å²) in [6, 6.07) is 11.7. The summed E-state index contributed by atoms with van der Waals surface area (Å²) in [5, 5.41) is 5.25. The number of anilines is 2. The summed E-state index contributed by atoms with van der Waals surface area (Å²) in [7, 11) is -3.62. The number of carbonyl (C=O) groups is 2. The summed E-state index contributed by atoms with van der Waals surface area (Å²) in [4.78, 5) is 30.3. The molecule has 28 heavy (non-hydrogen) atoms. The molecule has 0 saturated carbocycles. The van der Waals surface area contributed by atoms with Gasteiger partial charge in [-0.25, -0.2) is 18.2 Å². The normalized spacial score (nSPS) is 14.3. The fraction of sp³-hybridized carbons (Fsp3) is 0.167. The van der Waals surface area contributed by atoms with Crippen molar-refractivity contribution in [1.29, 1.82) is 0 Å². The third kappa shape index (κ3) is 3.18. The summed E-state index contributed by atoms with van der Waals surface area (Å²) in [5.74, 6) is -0.540. The van der Waals surface area contributed by atoms with E-state index >= 15 is 0 Å². The molecule has 0 bridgehead atoms. The van der Waals surface area contributed by atoms with Crippen LogP contribution in [0.4, 0.5) is 16.2 Å². The van der Waals surface area contributed by atoms with Crippen LogP contribution in [0.15, 0.2) is 53.8 Å². The van der Waals surface area contributed by atoms with Crippen LogP contribution in [0.2, 0.25) is 0 Å². The molecule has 0 spiro atoms. The quantitative estimate of drug-likeness (QED) is 0.691. The fourth-order valence-electron chi connectivity index (χ4n) is 3.10. The van der Waals surface area contributed by atoms with Crippen molar-refractivity contribution in [3.05, 3.63) is 54.4 Å². The molecule has 9 nitrogen and oxygen atoms in total. The Kier molecular flexibility index (Phi) is 4.27. The van der Waals surface area contributed by atoms with Crippen LogP contribution in [0.5, 0.6) is 0 Å². The molecule has 1 aliphatic rings. The number of rotatable bonds is 4. The molecular formula is C18H17N5O4S. The van der Waals surface area contributed by atoms with Crippen LogP contribution in [-0.4, -0.2) is 49.1 Å². The van der Waals surface area contributed by atoms with Crippen molar-refractivity contribution >= 4 is 38.7 Å². The Morgan fingerprint density at radius 3 is 2.75 bits per heavy atom. The molecule has 3 heterocycles. The molecule has 1 fully saturated rings. The maximum Gasteiger partial charge on any atom is 0.321 e. The van der Waals surface area contributed by atoms with E-state index in [-0.39, 0.29) is 16.9 Å². The Bertz CT molecular complexity index is 1200. The average Bonchev–Trinajstić information content (AvgIpc) is 3.25. The zero-order chi connectivity index (χ0) is 19.9. The maximum atomic E-state index is 12.8. The number of benzene rings is 1. The number of urea groups is 1. The van der Waals surface area contributed by atoms with Crippen molar-refractivity contribution in [2.45, 2.75) is 5.16 Å². The SMILES string of the molecule is CS(=O)(=O)c1nc(C(=O)Nc2cccc(N3CCNC3=O)c2)c2ccccn12. The second-order valence-electron chi connectivity index (χ2n) is 6.36. The third-order valence-corrected chi connectivity index (χ3v) is 5.29. The second kappa shape index (κ2) is 6.64. The lowest BCUT2D eigenvalue weighted by Crippen LogP contribution is -2.27. The van der Waals surface area contributed by atoms with Crippen LogP contribution in [-0.2, 0) is 9.84 Å². The number of nitrogens with one attached hydrogen (secondary N) is 2. The second-order valence-corrected chi connectivity index (χ2v) is 8.27.